The van der Waals surface area contributed by atoms with Gasteiger partial charge in [-0.1, -0.05) is 13.8 Å². The van der Waals surface area contributed by atoms with Gasteiger partial charge in [-0.25, -0.2) is 14.8 Å². The van der Waals surface area contributed by atoms with Crippen molar-refractivity contribution in [2.75, 3.05) is 42.9 Å². The lowest BCUT2D eigenvalue weighted by Crippen LogP contribution is -2.50. The molecule has 1 saturated heterocycles. The van der Waals surface area contributed by atoms with Crippen LogP contribution in [-0.2, 0) is 4.74 Å². The first kappa shape index (κ1) is 25.7. The number of hydrogen-bond donors (Lipinski definition) is 2. The molecule has 5 rings (SSSR count). The lowest BCUT2D eigenvalue weighted by molar-refractivity contribution is 0.0240. The normalized spacial score (nSPS) is 17.9. The first-order valence-electron chi connectivity index (χ1n) is 13.2. The minimum Gasteiger partial charge on any atom is -0.444 e. The maximum atomic E-state index is 12.5. The molecule has 2 aliphatic heterocycles. The molecule has 0 aromatic carbocycles. The van der Waals surface area contributed by atoms with Crippen molar-refractivity contribution in [2.45, 2.75) is 52.7 Å². The molecule has 1 atom stereocenters. The molecule has 2 N–H and O–H groups in total. The predicted molar refractivity (Wildman–Crippen MR) is 146 cm³/mol. The van der Waals surface area contributed by atoms with Crippen molar-refractivity contribution in [1.82, 2.24) is 29.7 Å². The fourth-order valence-electron chi connectivity index (χ4n) is 4.97. The zero-order valence-corrected chi connectivity index (χ0v) is 22.7. The molecule has 202 valence electrons. The van der Waals surface area contributed by atoms with E-state index in [1.165, 1.54) is 0 Å². The van der Waals surface area contributed by atoms with Gasteiger partial charge in [-0.3, -0.25) is 4.79 Å². The fraction of sp³-hybridized carbons (Fsp3) is 0.519. The Bertz CT molecular complexity index is 1320. The molecule has 0 spiro atoms. The molecular weight excluding hydrogens is 484 g/mol. The summed E-state index contributed by atoms with van der Waals surface area (Å²) in [6.07, 6.45) is 4.23. The average Bonchev–Trinajstić information content (AvgIpc) is 3.25. The SMILES string of the molecule is CC(C)CC1CNC(=O)c2cc3cnc(Nc4ccc(N5CCN(C(=O)OC(C)(C)C)CC5)cn4)nc3n21. The van der Waals surface area contributed by atoms with E-state index in [1.807, 2.05) is 45.2 Å². The van der Waals surface area contributed by atoms with Crippen LogP contribution in [0.3, 0.4) is 0 Å². The molecule has 38 heavy (non-hydrogen) atoms. The highest BCUT2D eigenvalue weighted by Crippen LogP contribution is 2.30. The van der Waals surface area contributed by atoms with Crippen molar-refractivity contribution in [3.8, 4) is 0 Å². The molecule has 2 amide bonds. The molecule has 3 aromatic heterocycles. The highest BCUT2D eigenvalue weighted by Gasteiger charge is 2.29. The number of aromatic nitrogens is 4. The van der Waals surface area contributed by atoms with E-state index in [2.05, 4.69) is 43.9 Å². The number of piperazine rings is 1. The van der Waals surface area contributed by atoms with E-state index < -0.39 is 5.60 Å². The first-order valence-corrected chi connectivity index (χ1v) is 13.2. The summed E-state index contributed by atoms with van der Waals surface area (Å²) >= 11 is 0. The summed E-state index contributed by atoms with van der Waals surface area (Å²) < 4.78 is 7.54. The van der Waals surface area contributed by atoms with Crippen molar-refractivity contribution in [1.29, 1.82) is 0 Å². The minimum atomic E-state index is -0.499. The zero-order chi connectivity index (χ0) is 27.0. The molecular formula is C27H36N8O3. The Balaban J connectivity index is 1.26. The molecule has 0 bridgehead atoms. The summed E-state index contributed by atoms with van der Waals surface area (Å²) in [7, 11) is 0. The van der Waals surface area contributed by atoms with Gasteiger partial charge in [-0.05, 0) is 51.3 Å². The van der Waals surface area contributed by atoms with Gasteiger partial charge in [0.1, 0.15) is 22.8 Å². The Morgan fingerprint density at radius 1 is 1.16 bits per heavy atom. The molecule has 5 heterocycles. The number of anilines is 3. The van der Waals surface area contributed by atoms with Crippen molar-refractivity contribution >= 4 is 40.5 Å². The number of fused-ring (bicyclic) bond motifs is 3. The van der Waals surface area contributed by atoms with Crippen LogP contribution >= 0.6 is 0 Å². The number of carbonyl (C=O) groups excluding carboxylic acids is 2. The maximum absolute atomic E-state index is 12.5. The number of hydrogen-bond acceptors (Lipinski definition) is 8. The Morgan fingerprint density at radius 2 is 1.92 bits per heavy atom. The summed E-state index contributed by atoms with van der Waals surface area (Å²) in [5, 5.41) is 7.03. The second-order valence-electron chi connectivity index (χ2n) is 11.3. The van der Waals surface area contributed by atoms with E-state index in [0.717, 1.165) is 23.1 Å². The highest BCUT2D eigenvalue weighted by molar-refractivity contribution is 5.98. The largest absolute Gasteiger partial charge is 0.444 e. The number of amides is 2. The third-order valence-corrected chi connectivity index (χ3v) is 6.70. The van der Waals surface area contributed by atoms with Crippen molar-refractivity contribution in [3.63, 3.8) is 0 Å². The predicted octanol–water partition coefficient (Wildman–Crippen LogP) is 3.96. The van der Waals surface area contributed by atoms with E-state index in [1.54, 1.807) is 11.1 Å². The minimum absolute atomic E-state index is 0.0818. The fourth-order valence-corrected chi connectivity index (χ4v) is 4.97. The summed E-state index contributed by atoms with van der Waals surface area (Å²) in [6, 6.07) is 5.90. The van der Waals surface area contributed by atoms with Gasteiger partial charge in [-0.15, -0.1) is 0 Å². The average molecular weight is 521 g/mol. The van der Waals surface area contributed by atoms with E-state index in [4.69, 9.17) is 9.72 Å². The molecule has 3 aromatic rings. The first-order chi connectivity index (χ1) is 18.1. The van der Waals surface area contributed by atoms with Gasteiger partial charge in [0.05, 0.1) is 17.9 Å². The van der Waals surface area contributed by atoms with Crippen molar-refractivity contribution in [2.24, 2.45) is 5.92 Å². The Hall–Kier alpha value is -3.89. The third kappa shape index (κ3) is 5.51. The summed E-state index contributed by atoms with van der Waals surface area (Å²) in [4.78, 5) is 42.5. The third-order valence-electron chi connectivity index (χ3n) is 6.70. The van der Waals surface area contributed by atoms with Gasteiger partial charge in [0.15, 0.2) is 0 Å². The van der Waals surface area contributed by atoms with Crippen molar-refractivity contribution < 1.29 is 14.3 Å². The molecule has 1 unspecified atom stereocenters. The zero-order valence-electron chi connectivity index (χ0n) is 22.7. The molecule has 11 heteroatoms. The Labute approximate surface area is 222 Å². The van der Waals surface area contributed by atoms with Gasteiger partial charge in [0.25, 0.3) is 5.91 Å². The Kier molecular flexibility index (Phi) is 6.85. The van der Waals surface area contributed by atoms with Crippen LogP contribution in [0.2, 0.25) is 0 Å². The van der Waals surface area contributed by atoms with E-state index in [0.29, 0.717) is 56.1 Å². The van der Waals surface area contributed by atoms with Crippen LogP contribution in [0, 0.1) is 5.92 Å². The second-order valence-corrected chi connectivity index (χ2v) is 11.3. The molecule has 11 nitrogen and oxygen atoms in total. The van der Waals surface area contributed by atoms with Crippen LogP contribution in [0.15, 0.2) is 30.6 Å². The summed E-state index contributed by atoms with van der Waals surface area (Å²) in [5.41, 5.74) is 1.86. The lowest BCUT2D eigenvalue weighted by atomic mass is 10.0. The molecule has 1 fully saturated rings. The topological polar surface area (TPSA) is 118 Å². The van der Waals surface area contributed by atoms with Gasteiger partial charge < -0.3 is 29.7 Å². The van der Waals surface area contributed by atoms with Crippen molar-refractivity contribution in [3.05, 3.63) is 36.3 Å². The smallest absolute Gasteiger partial charge is 0.410 e. The van der Waals surface area contributed by atoms with Gasteiger partial charge in [0, 0.05) is 44.3 Å². The second kappa shape index (κ2) is 10.1. The molecule has 0 saturated carbocycles. The van der Waals surface area contributed by atoms with E-state index in [-0.39, 0.29) is 18.0 Å². The van der Waals surface area contributed by atoms with E-state index in [9.17, 15) is 9.59 Å². The number of pyridine rings is 1. The number of rotatable bonds is 5. The quantitative estimate of drug-likeness (QED) is 0.519. The molecule has 2 aliphatic rings. The van der Waals surface area contributed by atoms with Crippen LogP contribution in [0.5, 0.6) is 0 Å². The lowest BCUT2D eigenvalue weighted by Gasteiger charge is -2.36. The van der Waals surface area contributed by atoms with Gasteiger partial charge >= 0.3 is 6.09 Å². The van der Waals surface area contributed by atoms with Crippen LogP contribution in [-0.4, -0.2) is 74.7 Å². The number of carbonyl (C=O) groups is 2. The number of nitrogens with zero attached hydrogens (tertiary/aromatic N) is 6. The highest BCUT2D eigenvalue weighted by atomic mass is 16.6. The number of nitrogens with one attached hydrogen (secondary N) is 2. The van der Waals surface area contributed by atoms with Gasteiger partial charge in [-0.2, -0.15) is 4.98 Å². The van der Waals surface area contributed by atoms with Crippen LogP contribution in [0.1, 0.15) is 57.6 Å². The maximum Gasteiger partial charge on any atom is 0.410 e. The monoisotopic (exact) mass is 520 g/mol. The molecule has 0 aliphatic carbocycles. The van der Waals surface area contributed by atoms with Crippen LogP contribution in [0.4, 0.5) is 22.2 Å². The number of ether oxygens (including phenoxy) is 1. The summed E-state index contributed by atoms with van der Waals surface area (Å²) in [5.74, 6) is 1.46. The Morgan fingerprint density at radius 3 is 2.58 bits per heavy atom. The summed E-state index contributed by atoms with van der Waals surface area (Å²) in [6.45, 7) is 13.2. The van der Waals surface area contributed by atoms with Crippen LogP contribution in [0.25, 0.3) is 11.0 Å². The van der Waals surface area contributed by atoms with Gasteiger partial charge in [0.2, 0.25) is 5.95 Å². The standard InChI is InChI=1S/C27H36N8O3/c1-17(2)12-20-16-29-24(36)21-13-18-14-30-25(32-23(18)35(20)21)31-22-7-6-19(15-28-22)33-8-10-34(11-9-33)26(37)38-27(3,4)5/h6-7,13-15,17,20H,8-12,16H2,1-5H3,(H,29,36)(H,28,30,31,32). The van der Waals surface area contributed by atoms with Crippen LogP contribution < -0.4 is 15.5 Å². The van der Waals surface area contributed by atoms with E-state index >= 15 is 0 Å². The molecule has 0 radical (unpaired) electrons.